The van der Waals surface area contributed by atoms with Crippen molar-refractivity contribution in [2.75, 3.05) is 19.6 Å². The Morgan fingerprint density at radius 3 is 2.56 bits per heavy atom. The first-order valence-corrected chi connectivity index (χ1v) is 9.32. The van der Waals surface area contributed by atoms with Crippen molar-refractivity contribution in [3.05, 3.63) is 39.4 Å². The van der Waals surface area contributed by atoms with E-state index in [1.54, 1.807) is 19.1 Å². The summed E-state index contributed by atoms with van der Waals surface area (Å²) >= 11 is 0. The largest absolute Gasteiger partial charge is 0.352 e. The Bertz CT molecular complexity index is 633. The summed E-state index contributed by atoms with van der Waals surface area (Å²) < 4.78 is 0. The molecule has 1 aromatic carbocycles. The first-order valence-electron chi connectivity index (χ1n) is 9.32. The molecule has 136 valence electrons. The molecular formula is C19H27N3O3. The number of benzene rings is 1. The maximum Gasteiger partial charge on any atom is 0.273 e. The lowest BCUT2D eigenvalue weighted by Crippen LogP contribution is -2.42. The van der Waals surface area contributed by atoms with Gasteiger partial charge in [-0.3, -0.25) is 14.9 Å². The minimum absolute atomic E-state index is 0.00229. The van der Waals surface area contributed by atoms with E-state index in [4.69, 9.17) is 0 Å². The minimum Gasteiger partial charge on any atom is -0.352 e. The number of likely N-dealkylation sites (tertiary alicyclic amines) is 1. The third-order valence-electron chi connectivity index (χ3n) is 5.71. The summed E-state index contributed by atoms with van der Waals surface area (Å²) in [5, 5.41) is 14.0. The Hall–Kier alpha value is -1.95. The highest BCUT2D eigenvalue weighted by Crippen LogP contribution is 2.27. The highest BCUT2D eigenvalue weighted by atomic mass is 16.6. The molecule has 1 heterocycles. The molecule has 0 radical (unpaired) electrons. The number of nitro benzene ring substituents is 1. The zero-order chi connectivity index (χ0) is 17.8. The van der Waals surface area contributed by atoms with Crippen molar-refractivity contribution in [2.24, 2.45) is 5.92 Å². The van der Waals surface area contributed by atoms with Gasteiger partial charge >= 0.3 is 0 Å². The number of rotatable bonds is 5. The zero-order valence-corrected chi connectivity index (χ0v) is 14.9. The van der Waals surface area contributed by atoms with Crippen LogP contribution in [0.3, 0.4) is 0 Å². The van der Waals surface area contributed by atoms with Gasteiger partial charge in [-0.05, 0) is 57.7 Å². The van der Waals surface area contributed by atoms with Gasteiger partial charge in [-0.2, -0.15) is 0 Å². The highest BCUT2D eigenvalue weighted by Gasteiger charge is 2.27. The second-order valence-electron chi connectivity index (χ2n) is 7.39. The number of piperidine rings is 1. The van der Waals surface area contributed by atoms with E-state index < -0.39 is 4.92 Å². The van der Waals surface area contributed by atoms with Gasteiger partial charge in [0.25, 0.3) is 11.6 Å². The summed E-state index contributed by atoms with van der Waals surface area (Å²) in [6.07, 6.45) is 7.64. The molecule has 0 spiro atoms. The van der Waals surface area contributed by atoms with Crippen LogP contribution in [0, 0.1) is 23.0 Å². The van der Waals surface area contributed by atoms with Crippen LogP contribution in [0.1, 0.15) is 54.4 Å². The molecule has 6 heteroatoms. The van der Waals surface area contributed by atoms with Crippen LogP contribution in [0.25, 0.3) is 0 Å². The standard InChI is InChI=1S/C19H27N3O3/c1-14-6-7-16(12-18(14)22(24)25)19(23)20-13-15-8-10-21(11-9-15)17-4-2-3-5-17/h6-7,12,15,17H,2-5,8-11,13H2,1H3,(H,20,23). The van der Waals surface area contributed by atoms with Crippen LogP contribution < -0.4 is 5.32 Å². The van der Waals surface area contributed by atoms with Crippen molar-refractivity contribution in [3.63, 3.8) is 0 Å². The fourth-order valence-corrected chi connectivity index (χ4v) is 4.08. The van der Waals surface area contributed by atoms with E-state index in [0.717, 1.165) is 32.0 Å². The fourth-order valence-electron chi connectivity index (χ4n) is 4.08. The van der Waals surface area contributed by atoms with Gasteiger partial charge in [0, 0.05) is 29.8 Å². The van der Waals surface area contributed by atoms with E-state index in [-0.39, 0.29) is 11.6 Å². The predicted octanol–water partition coefficient (Wildman–Crippen LogP) is 3.29. The molecular weight excluding hydrogens is 318 g/mol. The molecule has 1 aliphatic carbocycles. The van der Waals surface area contributed by atoms with Crippen molar-refractivity contribution in [1.29, 1.82) is 0 Å². The molecule has 1 N–H and O–H groups in total. The quantitative estimate of drug-likeness (QED) is 0.656. The Kier molecular flexibility index (Phi) is 5.68. The normalized spacial score (nSPS) is 19.9. The molecule has 2 fully saturated rings. The van der Waals surface area contributed by atoms with E-state index in [2.05, 4.69) is 10.2 Å². The third kappa shape index (κ3) is 4.37. The summed E-state index contributed by atoms with van der Waals surface area (Å²) in [5.74, 6) is 0.281. The molecule has 2 aliphatic rings. The number of hydrogen-bond acceptors (Lipinski definition) is 4. The minimum atomic E-state index is -0.440. The van der Waals surface area contributed by atoms with E-state index in [1.165, 1.54) is 31.7 Å². The molecule has 1 saturated heterocycles. The molecule has 1 saturated carbocycles. The summed E-state index contributed by atoms with van der Waals surface area (Å²) in [7, 11) is 0. The Morgan fingerprint density at radius 2 is 1.92 bits per heavy atom. The lowest BCUT2D eigenvalue weighted by Gasteiger charge is -2.36. The summed E-state index contributed by atoms with van der Waals surface area (Å²) in [4.78, 5) is 25.5. The fraction of sp³-hybridized carbons (Fsp3) is 0.632. The molecule has 1 aromatic rings. The van der Waals surface area contributed by atoms with E-state index in [1.807, 2.05) is 0 Å². The average Bonchev–Trinajstić information content (AvgIpc) is 3.15. The number of nitrogens with one attached hydrogen (secondary N) is 1. The molecule has 25 heavy (non-hydrogen) atoms. The molecule has 3 rings (SSSR count). The lowest BCUT2D eigenvalue weighted by molar-refractivity contribution is -0.385. The first-order chi connectivity index (χ1) is 12.0. The van der Waals surface area contributed by atoms with Crippen LogP contribution in [-0.4, -0.2) is 41.4 Å². The van der Waals surface area contributed by atoms with Crippen LogP contribution in [0.2, 0.25) is 0 Å². The lowest BCUT2D eigenvalue weighted by atomic mass is 9.95. The summed E-state index contributed by atoms with van der Waals surface area (Å²) in [6, 6.07) is 5.43. The number of carbonyl (C=O) groups excluding carboxylic acids is 1. The van der Waals surface area contributed by atoms with Gasteiger partial charge in [-0.1, -0.05) is 18.9 Å². The van der Waals surface area contributed by atoms with Crippen LogP contribution in [0.15, 0.2) is 18.2 Å². The van der Waals surface area contributed by atoms with Crippen molar-refractivity contribution >= 4 is 11.6 Å². The van der Waals surface area contributed by atoms with Crippen molar-refractivity contribution in [1.82, 2.24) is 10.2 Å². The molecule has 0 bridgehead atoms. The molecule has 0 aromatic heterocycles. The van der Waals surface area contributed by atoms with Crippen molar-refractivity contribution in [2.45, 2.75) is 51.5 Å². The molecule has 0 unspecified atom stereocenters. The van der Waals surface area contributed by atoms with Gasteiger partial charge in [0.15, 0.2) is 0 Å². The number of amides is 1. The molecule has 1 amide bonds. The molecule has 1 aliphatic heterocycles. The van der Waals surface area contributed by atoms with Crippen molar-refractivity contribution < 1.29 is 9.72 Å². The van der Waals surface area contributed by atoms with Gasteiger partial charge in [0.2, 0.25) is 0 Å². The van der Waals surface area contributed by atoms with E-state index in [9.17, 15) is 14.9 Å². The Balaban J connectivity index is 1.48. The van der Waals surface area contributed by atoms with Crippen LogP contribution >= 0.6 is 0 Å². The zero-order valence-electron chi connectivity index (χ0n) is 14.9. The average molecular weight is 345 g/mol. The first kappa shape index (κ1) is 17.9. The highest BCUT2D eigenvalue weighted by molar-refractivity contribution is 5.94. The monoisotopic (exact) mass is 345 g/mol. The molecule has 6 nitrogen and oxygen atoms in total. The number of hydrogen-bond donors (Lipinski definition) is 1. The van der Waals surface area contributed by atoms with Gasteiger partial charge in [0.05, 0.1) is 4.92 Å². The maximum atomic E-state index is 12.3. The number of aryl methyl sites for hydroxylation is 1. The Labute approximate surface area is 148 Å². The van der Waals surface area contributed by atoms with Crippen LogP contribution in [0.5, 0.6) is 0 Å². The van der Waals surface area contributed by atoms with E-state index >= 15 is 0 Å². The topological polar surface area (TPSA) is 75.5 Å². The SMILES string of the molecule is Cc1ccc(C(=O)NCC2CCN(C3CCCC3)CC2)cc1[N+](=O)[O-]. The number of nitrogens with zero attached hydrogens (tertiary/aromatic N) is 2. The molecule has 0 atom stereocenters. The summed E-state index contributed by atoms with van der Waals surface area (Å²) in [6.45, 7) is 4.58. The van der Waals surface area contributed by atoms with Gasteiger partial charge in [-0.25, -0.2) is 0 Å². The smallest absolute Gasteiger partial charge is 0.273 e. The van der Waals surface area contributed by atoms with Gasteiger partial charge < -0.3 is 10.2 Å². The van der Waals surface area contributed by atoms with E-state index in [0.29, 0.717) is 23.6 Å². The number of nitro groups is 1. The van der Waals surface area contributed by atoms with Crippen LogP contribution in [-0.2, 0) is 0 Å². The number of carbonyl (C=O) groups is 1. The second-order valence-corrected chi connectivity index (χ2v) is 7.39. The Morgan fingerprint density at radius 1 is 1.24 bits per heavy atom. The van der Waals surface area contributed by atoms with Gasteiger partial charge in [0.1, 0.15) is 0 Å². The van der Waals surface area contributed by atoms with Crippen LogP contribution in [0.4, 0.5) is 5.69 Å². The predicted molar refractivity (Wildman–Crippen MR) is 96.7 cm³/mol. The maximum absolute atomic E-state index is 12.3. The van der Waals surface area contributed by atoms with Gasteiger partial charge in [-0.15, -0.1) is 0 Å². The second kappa shape index (κ2) is 7.95. The third-order valence-corrected chi connectivity index (χ3v) is 5.71. The van der Waals surface area contributed by atoms with Crippen molar-refractivity contribution in [3.8, 4) is 0 Å². The summed E-state index contributed by atoms with van der Waals surface area (Å²) in [5.41, 5.74) is 0.930.